The van der Waals surface area contributed by atoms with Crippen LogP contribution in [0.15, 0.2) is 23.3 Å². The molecule has 0 radical (unpaired) electrons. The van der Waals surface area contributed by atoms with E-state index in [2.05, 4.69) is 0 Å². The summed E-state index contributed by atoms with van der Waals surface area (Å²) in [4.78, 5) is 24.4. The van der Waals surface area contributed by atoms with Gasteiger partial charge in [0.25, 0.3) is 0 Å². The van der Waals surface area contributed by atoms with Crippen LogP contribution in [0.25, 0.3) is 0 Å². The van der Waals surface area contributed by atoms with Crippen LogP contribution in [0.4, 0.5) is 0 Å². The van der Waals surface area contributed by atoms with Gasteiger partial charge in [-0.05, 0) is 52.0 Å². The fourth-order valence-corrected chi connectivity index (χ4v) is 2.77. The minimum Gasteiger partial charge on any atom is -0.363 e. The molecule has 0 amide bonds. The molecule has 4 heteroatoms. The van der Waals surface area contributed by atoms with E-state index in [1.54, 1.807) is 0 Å². The van der Waals surface area contributed by atoms with Gasteiger partial charge in [-0.3, -0.25) is 9.59 Å². The summed E-state index contributed by atoms with van der Waals surface area (Å²) in [5.41, 5.74) is 1.23. The molecule has 0 aromatic carbocycles. The second-order valence-electron chi connectivity index (χ2n) is 7.12. The van der Waals surface area contributed by atoms with Crippen LogP contribution in [0.2, 0.25) is 0 Å². The Morgan fingerprint density at radius 1 is 1.42 bits per heavy atom. The zero-order chi connectivity index (χ0) is 18.2. The highest BCUT2D eigenvalue weighted by Gasteiger charge is 2.35. The molecule has 0 bridgehead atoms. The first-order valence-corrected chi connectivity index (χ1v) is 8.69. The molecule has 1 rings (SSSR count). The Morgan fingerprint density at radius 3 is 2.75 bits per heavy atom. The van der Waals surface area contributed by atoms with Crippen LogP contribution in [0.5, 0.6) is 0 Å². The van der Waals surface area contributed by atoms with Crippen LogP contribution >= 0.6 is 0 Å². The lowest BCUT2D eigenvalue weighted by Gasteiger charge is -2.27. The summed E-state index contributed by atoms with van der Waals surface area (Å²) in [5, 5.41) is 8.74. The van der Waals surface area contributed by atoms with Crippen LogP contribution in [0, 0.1) is 17.2 Å². The SMILES string of the molecule is CC(C)=CCC(=O)C(C)CCC[C@]1(C)OC/C(=C/C#N)CCC1=O. The summed E-state index contributed by atoms with van der Waals surface area (Å²) in [5.74, 6) is 0.334. The first-order valence-electron chi connectivity index (χ1n) is 8.69. The highest BCUT2D eigenvalue weighted by atomic mass is 16.5. The summed E-state index contributed by atoms with van der Waals surface area (Å²) in [6.07, 6.45) is 7.09. The Bertz CT molecular complexity index is 564. The van der Waals surface area contributed by atoms with Gasteiger partial charge in [0.1, 0.15) is 11.4 Å². The number of hydrogen-bond acceptors (Lipinski definition) is 4. The molecule has 0 N–H and O–H groups in total. The molecule has 0 spiro atoms. The monoisotopic (exact) mass is 331 g/mol. The van der Waals surface area contributed by atoms with E-state index in [9.17, 15) is 9.59 Å². The summed E-state index contributed by atoms with van der Waals surface area (Å²) in [7, 11) is 0. The molecule has 1 saturated heterocycles. The van der Waals surface area contributed by atoms with Crippen molar-refractivity contribution in [1.29, 1.82) is 5.26 Å². The average Bonchev–Trinajstić information content (AvgIpc) is 2.66. The van der Waals surface area contributed by atoms with E-state index < -0.39 is 5.60 Å². The molecule has 132 valence electrons. The molecule has 0 aromatic heterocycles. The van der Waals surface area contributed by atoms with Crippen LogP contribution in [0.1, 0.15) is 66.2 Å². The van der Waals surface area contributed by atoms with Crippen molar-refractivity contribution in [3.8, 4) is 6.07 Å². The number of allylic oxidation sites excluding steroid dienone is 3. The molecule has 0 saturated carbocycles. The lowest BCUT2D eigenvalue weighted by Crippen LogP contribution is -2.37. The molecule has 1 unspecified atom stereocenters. The van der Waals surface area contributed by atoms with Crippen LogP contribution < -0.4 is 0 Å². The molecule has 2 atom stereocenters. The lowest BCUT2D eigenvalue weighted by atomic mass is 9.88. The first kappa shape index (κ1) is 20.3. The second-order valence-corrected chi connectivity index (χ2v) is 7.12. The van der Waals surface area contributed by atoms with Gasteiger partial charge in [0.15, 0.2) is 5.78 Å². The topological polar surface area (TPSA) is 67.2 Å². The highest BCUT2D eigenvalue weighted by molar-refractivity contribution is 5.87. The van der Waals surface area contributed by atoms with Crippen LogP contribution in [-0.4, -0.2) is 23.8 Å². The highest BCUT2D eigenvalue weighted by Crippen LogP contribution is 2.29. The zero-order valence-corrected chi connectivity index (χ0v) is 15.4. The number of hydrogen-bond donors (Lipinski definition) is 0. The maximum absolute atomic E-state index is 12.4. The number of Topliss-reactive ketones (excluding diaryl/α,β-unsaturated/α-hetero) is 2. The van der Waals surface area contributed by atoms with Gasteiger partial charge in [-0.15, -0.1) is 0 Å². The largest absolute Gasteiger partial charge is 0.363 e. The van der Waals surface area contributed by atoms with Crippen molar-refractivity contribution in [2.45, 2.75) is 71.8 Å². The summed E-state index contributed by atoms with van der Waals surface area (Å²) >= 11 is 0. The smallest absolute Gasteiger partial charge is 0.164 e. The number of ether oxygens (including phenoxy) is 1. The van der Waals surface area contributed by atoms with E-state index in [1.165, 1.54) is 6.08 Å². The third-order valence-electron chi connectivity index (χ3n) is 4.66. The van der Waals surface area contributed by atoms with Gasteiger partial charge in [-0.2, -0.15) is 5.26 Å². The second kappa shape index (κ2) is 9.54. The maximum atomic E-state index is 12.4. The molecule has 1 fully saturated rings. The van der Waals surface area contributed by atoms with Gasteiger partial charge in [-0.1, -0.05) is 18.6 Å². The van der Waals surface area contributed by atoms with Gasteiger partial charge in [0, 0.05) is 24.8 Å². The van der Waals surface area contributed by atoms with E-state index in [0.29, 0.717) is 32.3 Å². The Balaban J connectivity index is 2.52. The summed E-state index contributed by atoms with van der Waals surface area (Å²) in [6.45, 7) is 8.10. The molecule has 0 aromatic rings. The van der Waals surface area contributed by atoms with Gasteiger partial charge < -0.3 is 4.74 Å². The predicted molar refractivity (Wildman–Crippen MR) is 94.4 cm³/mol. The average molecular weight is 331 g/mol. The van der Waals surface area contributed by atoms with Crippen molar-refractivity contribution in [2.75, 3.05) is 6.61 Å². The minimum atomic E-state index is -0.798. The van der Waals surface area contributed by atoms with Crippen molar-refractivity contribution < 1.29 is 14.3 Å². The standard InChI is InChI=1S/C20H29NO3/c1-15(2)7-9-18(22)16(3)6-5-12-20(4)19(23)10-8-17(11-13-21)14-24-20/h7,11,16H,5-6,8-10,12,14H2,1-4H3/b17-11+/t16?,20-/m0/s1. The lowest BCUT2D eigenvalue weighted by molar-refractivity contribution is -0.140. The molecular formula is C20H29NO3. The van der Waals surface area contributed by atoms with Crippen LogP contribution in [0.3, 0.4) is 0 Å². The maximum Gasteiger partial charge on any atom is 0.164 e. The first-order chi connectivity index (χ1) is 11.3. The summed E-state index contributed by atoms with van der Waals surface area (Å²) < 4.78 is 5.83. The minimum absolute atomic E-state index is 0.000809. The van der Waals surface area contributed by atoms with Crippen molar-refractivity contribution in [3.05, 3.63) is 23.3 Å². The van der Waals surface area contributed by atoms with Crippen molar-refractivity contribution >= 4 is 11.6 Å². The van der Waals surface area contributed by atoms with E-state index in [4.69, 9.17) is 10.00 Å². The van der Waals surface area contributed by atoms with Crippen molar-refractivity contribution in [3.63, 3.8) is 0 Å². The Kier molecular flexibility index (Phi) is 8.07. The molecule has 1 aliphatic rings. The third kappa shape index (κ3) is 6.41. The predicted octanol–water partition coefficient (Wildman–Crippen LogP) is 4.31. The molecule has 24 heavy (non-hydrogen) atoms. The summed E-state index contributed by atoms with van der Waals surface area (Å²) in [6, 6.07) is 2.00. The molecule has 0 aliphatic carbocycles. The van der Waals surface area contributed by atoms with Gasteiger partial charge >= 0.3 is 0 Å². The molecule has 1 aliphatic heterocycles. The number of ketones is 2. The van der Waals surface area contributed by atoms with E-state index >= 15 is 0 Å². The Labute approximate surface area is 145 Å². The van der Waals surface area contributed by atoms with Gasteiger partial charge in [0.05, 0.1) is 12.7 Å². The van der Waals surface area contributed by atoms with Crippen molar-refractivity contribution in [1.82, 2.24) is 0 Å². The number of rotatable bonds is 7. The zero-order valence-electron chi connectivity index (χ0n) is 15.4. The number of nitrogens with zero attached hydrogens (tertiary/aromatic N) is 1. The van der Waals surface area contributed by atoms with E-state index in [-0.39, 0.29) is 17.5 Å². The van der Waals surface area contributed by atoms with E-state index in [1.807, 2.05) is 39.8 Å². The third-order valence-corrected chi connectivity index (χ3v) is 4.66. The molecular weight excluding hydrogens is 302 g/mol. The molecule has 4 nitrogen and oxygen atoms in total. The number of carbonyl (C=O) groups excluding carboxylic acids is 2. The van der Waals surface area contributed by atoms with Gasteiger partial charge in [0.2, 0.25) is 0 Å². The Hall–Kier alpha value is -1.73. The van der Waals surface area contributed by atoms with E-state index in [0.717, 1.165) is 24.0 Å². The quantitative estimate of drug-likeness (QED) is 0.515. The fourth-order valence-electron chi connectivity index (χ4n) is 2.77. The van der Waals surface area contributed by atoms with Crippen molar-refractivity contribution in [2.24, 2.45) is 5.92 Å². The normalized spacial score (nSPS) is 24.1. The molecule has 1 heterocycles. The Morgan fingerprint density at radius 2 is 2.12 bits per heavy atom. The fraction of sp³-hybridized carbons (Fsp3) is 0.650. The number of nitriles is 1. The van der Waals surface area contributed by atoms with Gasteiger partial charge in [-0.25, -0.2) is 0 Å². The van der Waals surface area contributed by atoms with Crippen LogP contribution in [-0.2, 0) is 14.3 Å². The number of carbonyl (C=O) groups is 2.